The number of carbonyl (C=O) groups is 2. The van der Waals surface area contributed by atoms with Crippen molar-refractivity contribution in [1.29, 1.82) is 0 Å². The van der Waals surface area contributed by atoms with Gasteiger partial charge >= 0.3 is 5.97 Å². The van der Waals surface area contributed by atoms with Crippen molar-refractivity contribution in [3.8, 4) is 0 Å². The highest BCUT2D eigenvalue weighted by molar-refractivity contribution is 5.66. The van der Waals surface area contributed by atoms with Gasteiger partial charge < -0.3 is 10.1 Å². The van der Waals surface area contributed by atoms with E-state index in [1.54, 1.807) is 13.8 Å². The number of hydrogen-bond acceptors (Lipinski definition) is 3. The first kappa shape index (κ1) is 8.94. The van der Waals surface area contributed by atoms with Crippen LogP contribution < -0.4 is 5.32 Å². The average molecular weight is 145 g/mol. The predicted octanol–water partition coefficient (Wildman–Crippen LogP) is 0.0316. The zero-order valence-electron chi connectivity index (χ0n) is 6.30. The van der Waals surface area contributed by atoms with Gasteiger partial charge in [-0.2, -0.15) is 0 Å². The lowest BCUT2D eigenvalue weighted by atomic mass is 10.3. The molecule has 0 rings (SSSR count). The molecular weight excluding hydrogens is 134 g/mol. The molecule has 0 heterocycles. The minimum absolute atomic E-state index is 0.417. The van der Waals surface area contributed by atoms with E-state index in [1.807, 2.05) is 0 Å². The highest BCUT2D eigenvalue weighted by Gasteiger charge is 2.18. The molecule has 0 saturated heterocycles. The second-order valence-electron chi connectivity index (χ2n) is 2.37. The van der Waals surface area contributed by atoms with Crippen LogP contribution in [0, 0.1) is 0 Å². The predicted molar refractivity (Wildman–Crippen MR) is 35.0 cm³/mol. The first-order chi connectivity index (χ1) is 4.48. The van der Waals surface area contributed by atoms with E-state index < -0.39 is 11.7 Å². The van der Waals surface area contributed by atoms with Gasteiger partial charge in [0.2, 0.25) is 6.41 Å². The lowest BCUT2D eigenvalue weighted by Gasteiger charge is -2.22. The Morgan fingerprint density at radius 3 is 2.40 bits per heavy atom. The second kappa shape index (κ2) is 3.20. The molecule has 4 nitrogen and oxygen atoms in total. The third-order valence-corrected chi connectivity index (χ3v) is 0.805. The van der Waals surface area contributed by atoms with Crippen molar-refractivity contribution >= 4 is 12.4 Å². The monoisotopic (exact) mass is 145 g/mol. The lowest BCUT2D eigenvalue weighted by Crippen LogP contribution is -2.42. The van der Waals surface area contributed by atoms with E-state index >= 15 is 0 Å². The van der Waals surface area contributed by atoms with Gasteiger partial charge in [0.15, 0.2) is 5.72 Å². The summed E-state index contributed by atoms with van der Waals surface area (Å²) in [6.45, 7) is 4.46. The summed E-state index contributed by atoms with van der Waals surface area (Å²) >= 11 is 0. The molecule has 0 spiro atoms. The van der Waals surface area contributed by atoms with Gasteiger partial charge in [0, 0.05) is 6.92 Å². The van der Waals surface area contributed by atoms with Crippen LogP contribution in [-0.2, 0) is 14.3 Å². The molecule has 1 amide bonds. The van der Waals surface area contributed by atoms with Gasteiger partial charge in [0.25, 0.3) is 0 Å². The molecule has 0 aliphatic carbocycles. The number of hydrogen-bond donors (Lipinski definition) is 1. The Labute approximate surface area is 59.6 Å². The molecule has 0 saturated carbocycles. The summed E-state index contributed by atoms with van der Waals surface area (Å²) < 4.78 is 4.70. The lowest BCUT2D eigenvalue weighted by molar-refractivity contribution is -0.157. The summed E-state index contributed by atoms with van der Waals surface area (Å²) in [4.78, 5) is 20.3. The van der Waals surface area contributed by atoms with Crippen molar-refractivity contribution < 1.29 is 14.3 Å². The van der Waals surface area contributed by atoms with Crippen LogP contribution in [0.4, 0.5) is 0 Å². The second-order valence-corrected chi connectivity index (χ2v) is 2.37. The van der Waals surface area contributed by atoms with E-state index in [0.717, 1.165) is 0 Å². The molecule has 0 atom stereocenters. The Bertz CT molecular complexity index is 142. The van der Waals surface area contributed by atoms with Gasteiger partial charge in [-0.1, -0.05) is 0 Å². The molecule has 0 aromatic heterocycles. The Morgan fingerprint density at radius 2 is 2.10 bits per heavy atom. The van der Waals surface area contributed by atoms with Crippen LogP contribution in [0.3, 0.4) is 0 Å². The molecule has 0 aromatic rings. The molecule has 0 aliphatic heterocycles. The van der Waals surface area contributed by atoms with Gasteiger partial charge in [-0.3, -0.25) is 9.59 Å². The average Bonchev–Trinajstić information content (AvgIpc) is 1.59. The summed E-state index contributed by atoms with van der Waals surface area (Å²) in [5.41, 5.74) is -0.895. The highest BCUT2D eigenvalue weighted by atomic mass is 16.6. The number of amides is 1. The van der Waals surface area contributed by atoms with Crippen molar-refractivity contribution in [1.82, 2.24) is 5.32 Å². The standard InChI is InChI=1S/C6H11NO3/c1-5(9)10-6(2,3)7-4-8/h4H,1-3H3,(H,7,8). The fourth-order valence-electron chi connectivity index (χ4n) is 0.531. The zero-order valence-corrected chi connectivity index (χ0v) is 6.30. The van der Waals surface area contributed by atoms with Crippen molar-refractivity contribution in [2.45, 2.75) is 26.5 Å². The molecule has 0 radical (unpaired) electrons. The van der Waals surface area contributed by atoms with E-state index in [1.165, 1.54) is 6.92 Å². The zero-order chi connectivity index (χ0) is 8.20. The molecular formula is C6H11NO3. The topological polar surface area (TPSA) is 55.4 Å². The summed E-state index contributed by atoms with van der Waals surface area (Å²) in [7, 11) is 0. The number of rotatable bonds is 3. The van der Waals surface area contributed by atoms with Crippen LogP contribution in [0.2, 0.25) is 0 Å². The van der Waals surface area contributed by atoms with Gasteiger partial charge in [-0.25, -0.2) is 0 Å². The van der Waals surface area contributed by atoms with Gasteiger partial charge in [-0.05, 0) is 13.8 Å². The smallest absolute Gasteiger partial charge is 0.304 e. The normalized spacial score (nSPS) is 10.3. The van der Waals surface area contributed by atoms with E-state index in [0.29, 0.717) is 6.41 Å². The summed E-state index contributed by atoms with van der Waals surface area (Å²) in [6, 6.07) is 0. The van der Waals surface area contributed by atoms with Crippen molar-refractivity contribution in [3.63, 3.8) is 0 Å². The molecule has 0 fully saturated rings. The molecule has 0 unspecified atom stereocenters. The number of nitrogens with one attached hydrogen (secondary N) is 1. The van der Waals surface area contributed by atoms with Crippen molar-refractivity contribution in [3.05, 3.63) is 0 Å². The molecule has 0 bridgehead atoms. The van der Waals surface area contributed by atoms with E-state index in [9.17, 15) is 9.59 Å². The number of ether oxygens (including phenoxy) is 1. The van der Waals surface area contributed by atoms with Gasteiger partial charge in [-0.15, -0.1) is 0 Å². The third-order valence-electron chi connectivity index (χ3n) is 0.805. The van der Waals surface area contributed by atoms with Crippen LogP contribution in [0.25, 0.3) is 0 Å². The largest absolute Gasteiger partial charge is 0.440 e. The maximum absolute atomic E-state index is 10.4. The third kappa shape index (κ3) is 3.88. The first-order valence-corrected chi connectivity index (χ1v) is 2.89. The van der Waals surface area contributed by atoms with Crippen LogP contribution in [0.5, 0.6) is 0 Å². The fraction of sp³-hybridized carbons (Fsp3) is 0.667. The minimum Gasteiger partial charge on any atom is -0.440 e. The SMILES string of the molecule is CC(=O)OC(C)(C)NC=O. The summed E-state index contributed by atoms with van der Waals surface area (Å²) in [5, 5.41) is 2.33. The van der Waals surface area contributed by atoms with Gasteiger partial charge in [0.05, 0.1) is 0 Å². The van der Waals surface area contributed by atoms with Crippen molar-refractivity contribution in [2.24, 2.45) is 0 Å². The number of carbonyl (C=O) groups excluding carboxylic acids is 2. The van der Waals surface area contributed by atoms with E-state index in [4.69, 9.17) is 4.74 Å². The Morgan fingerprint density at radius 1 is 1.60 bits per heavy atom. The summed E-state index contributed by atoms with van der Waals surface area (Å²) in [5.74, 6) is -0.417. The van der Waals surface area contributed by atoms with Crippen LogP contribution in [0.1, 0.15) is 20.8 Å². The Hall–Kier alpha value is -1.06. The number of esters is 1. The minimum atomic E-state index is -0.895. The van der Waals surface area contributed by atoms with Crippen molar-refractivity contribution in [2.75, 3.05) is 0 Å². The molecule has 10 heavy (non-hydrogen) atoms. The Balaban J connectivity index is 3.85. The maximum Gasteiger partial charge on any atom is 0.304 e. The Kier molecular flexibility index (Phi) is 2.86. The maximum atomic E-state index is 10.4. The summed E-state index contributed by atoms with van der Waals surface area (Å²) in [6.07, 6.45) is 0.489. The fourth-order valence-corrected chi connectivity index (χ4v) is 0.531. The molecule has 58 valence electrons. The first-order valence-electron chi connectivity index (χ1n) is 2.89. The van der Waals surface area contributed by atoms with Crippen LogP contribution >= 0.6 is 0 Å². The quantitative estimate of drug-likeness (QED) is 0.346. The highest BCUT2D eigenvalue weighted by Crippen LogP contribution is 2.02. The molecule has 0 aromatic carbocycles. The molecule has 1 N–H and O–H groups in total. The van der Waals surface area contributed by atoms with E-state index in [2.05, 4.69) is 5.32 Å². The van der Waals surface area contributed by atoms with Crippen LogP contribution in [-0.4, -0.2) is 18.1 Å². The molecule has 0 aliphatic rings. The van der Waals surface area contributed by atoms with E-state index in [-0.39, 0.29) is 0 Å². The van der Waals surface area contributed by atoms with Crippen LogP contribution in [0.15, 0.2) is 0 Å². The van der Waals surface area contributed by atoms with Gasteiger partial charge in [0.1, 0.15) is 0 Å². The molecule has 4 heteroatoms.